The number of hydrogen-bond acceptors (Lipinski definition) is 4. The molecule has 1 aromatic heterocycles. The van der Waals surface area contributed by atoms with Crippen LogP contribution in [0.4, 0.5) is 5.69 Å². The molecule has 0 saturated carbocycles. The maximum Gasteiger partial charge on any atom is 0.265 e. The fourth-order valence-electron chi connectivity index (χ4n) is 2.65. The smallest absolute Gasteiger partial charge is 0.265 e. The van der Waals surface area contributed by atoms with Gasteiger partial charge in [0.05, 0.1) is 4.88 Å². The summed E-state index contributed by atoms with van der Waals surface area (Å²) in [6.07, 6.45) is 0. The molecule has 0 saturated heterocycles. The number of carbonyl (C=O) groups is 2. The number of thiophene rings is 1. The molecule has 1 aromatic carbocycles. The third kappa shape index (κ3) is 3.76. The van der Waals surface area contributed by atoms with Crippen molar-refractivity contribution in [2.24, 2.45) is 5.92 Å². The van der Waals surface area contributed by atoms with Gasteiger partial charge < -0.3 is 15.0 Å². The average Bonchev–Trinajstić information content (AvgIpc) is 3.02. The molecule has 5 nitrogen and oxygen atoms in total. The first-order chi connectivity index (χ1) is 11.5. The Labute approximate surface area is 145 Å². The number of nitrogens with one attached hydrogen (secondary N) is 1. The zero-order chi connectivity index (χ0) is 17.1. The summed E-state index contributed by atoms with van der Waals surface area (Å²) < 4.78 is 5.60. The van der Waals surface area contributed by atoms with E-state index in [1.807, 2.05) is 23.6 Å². The van der Waals surface area contributed by atoms with Crippen molar-refractivity contribution in [2.75, 3.05) is 18.5 Å². The molecule has 1 N–H and O–H groups in total. The molecule has 2 amide bonds. The number of nitrogens with zero attached hydrogens (tertiary/aromatic N) is 1. The quantitative estimate of drug-likeness (QED) is 0.925. The van der Waals surface area contributed by atoms with E-state index in [4.69, 9.17) is 4.74 Å². The van der Waals surface area contributed by atoms with Crippen molar-refractivity contribution in [3.8, 4) is 5.75 Å². The van der Waals surface area contributed by atoms with Gasteiger partial charge in [0.15, 0.2) is 6.61 Å². The monoisotopic (exact) mass is 344 g/mol. The molecular formula is C18H20N2O3S. The molecule has 0 spiro atoms. The van der Waals surface area contributed by atoms with E-state index in [9.17, 15) is 9.59 Å². The van der Waals surface area contributed by atoms with Crippen molar-refractivity contribution in [3.63, 3.8) is 0 Å². The molecule has 3 rings (SSSR count). The lowest BCUT2D eigenvalue weighted by Gasteiger charge is -2.22. The van der Waals surface area contributed by atoms with Crippen molar-refractivity contribution >= 4 is 28.8 Å². The van der Waals surface area contributed by atoms with Gasteiger partial charge in [-0.2, -0.15) is 0 Å². The van der Waals surface area contributed by atoms with E-state index in [-0.39, 0.29) is 18.4 Å². The molecule has 0 atom stereocenters. The lowest BCUT2D eigenvalue weighted by atomic mass is 10.1. The number of carbonyl (C=O) groups excluding carboxylic acids is 2. The summed E-state index contributed by atoms with van der Waals surface area (Å²) in [7, 11) is 0. The zero-order valence-corrected chi connectivity index (χ0v) is 14.6. The Bertz CT molecular complexity index is 741. The summed E-state index contributed by atoms with van der Waals surface area (Å²) in [6, 6.07) is 9.13. The van der Waals surface area contributed by atoms with Gasteiger partial charge in [-0.25, -0.2) is 0 Å². The SMILES string of the molecule is CC(C)CN1Cc2cc(NC(=O)c3cccs3)ccc2OCC1=O. The van der Waals surface area contributed by atoms with E-state index in [1.165, 1.54) is 11.3 Å². The number of rotatable bonds is 4. The third-order valence-electron chi connectivity index (χ3n) is 3.71. The van der Waals surface area contributed by atoms with Crippen LogP contribution in [0, 0.1) is 5.92 Å². The Hall–Kier alpha value is -2.34. The van der Waals surface area contributed by atoms with Gasteiger partial charge in [-0.05, 0) is 35.6 Å². The van der Waals surface area contributed by atoms with Crippen LogP contribution < -0.4 is 10.1 Å². The second-order valence-electron chi connectivity index (χ2n) is 6.21. The molecule has 2 aromatic rings. The van der Waals surface area contributed by atoms with Crippen molar-refractivity contribution in [1.82, 2.24) is 4.90 Å². The third-order valence-corrected chi connectivity index (χ3v) is 4.58. The van der Waals surface area contributed by atoms with Crippen LogP contribution in [0.1, 0.15) is 29.1 Å². The predicted octanol–water partition coefficient (Wildman–Crippen LogP) is 3.38. The van der Waals surface area contributed by atoms with Crippen LogP contribution >= 0.6 is 11.3 Å². The highest BCUT2D eigenvalue weighted by Crippen LogP contribution is 2.27. The van der Waals surface area contributed by atoms with Crippen LogP contribution in [0.25, 0.3) is 0 Å². The number of fused-ring (bicyclic) bond motifs is 1. The van der Waals surface area contributed by atoms with Crippen LogP contribution in [0.5, 0.6) is 5.75 Å². The summed E-state index contributed by atoms with van der Waals surface area (Å²) in [6.45, 7) is 5.40. The Morgan fingerprint density at radius 1 is 1.38 bits per heavy atom. The normalized spacial score (nSPS) is 14.1. The Morgan fingerprint density at radius 2 is 2.21 bits per heavy atom. The van der Waals surface area contributed by atoms with Gasteiger partial charge >= 0.3 is 0 Å². The Morgan fingerprint density at radius 3 is 2.92 bits per heavy atom. The van der Waals surface area contributed by atoms with Crippen molar-refractivity contribution in [2.45, 2.75) is 20.4 Å². The molecule has 0 fully saturated rings. The van der Waals surface area contributed by atoms with Crippen LogP contribution in [0.2, 0.25) is 0 Å². The zero-order valence-electron chi connectivity index (χ0n) is 13.7. The molecule has 0 radical (unpaired) electrons. The molecule has 1 aliphatic heterocycles. The van der Waals surface area contributed by atoms with Crippen molar-refractivity contribution in [3.05, 3.63) is 46.2 Å². The summed E-state index contributed by atoms with van der Waals surface area (Å²) in [4.78, 5) is 26.8. The molecule has 1 aliphatic rings. The van der Waals surface area contributed by atoms with E-state index in [2.05, 4.69) is 19.2 Å². The second kappa shape index (κ2) is 7.05. The fourth-order valence-corrected chi connectivity index (χ4v) is 3.27. The Balaban J connectivity index is 1.79. The number of amides is 2. The number of ether oxygens (including phenoxy) is 1. The summed E-state index contributed by atoms with van der Waals surface area (Å²) >= 11 is 1.40. The molecule has 0 aliphatic carbocycles. The predicted molar refractivity (Wildman–Crippen MR) is 94.5 cm³/mol. The highest BCUT2D eigenvalue weighted by atomic mass is 32.1. The first-order valence-corrected chi connectivity index (χ1v) is 8.79. The van der Waals surface area contributed by atoms with E-state index in [0.717, 1.165) is 5.56 Å². The highest BCUT2D eigenvalue weighted by Gasteiger charge is 2.22. The van der Waals surface area contributed by atoms with Gasteiger partial charge in [0, 0.05) is 24.3 Å². The standard InChI is InChI=1S/C18H20N2O3S/c1-12(2)9-20-10-13-8-14(5-6-15(13)23-11-17(20)21)19-18(22)16-4-3-7-24-16/h3-8,12H,9-11H2,1-2H3,(H,19,22). The number of anilines is 1. The highest BCUT2D eigenvalue weighted by molar-refractivity contribution is 7.12. The van der Waals surface area contributed by atoms with E-state index in [0.29, 0.717) is 35.3 Å². The molecular weight excluding hydrogens is 324 g/mol. The number of benzene rings is 1. The Kier molecular flexibility index (Phi) is 4.85. The van der Waals surface area contributed by atoms with Gasteiger partial charge in [0.1, 0.15) is 5.75 Å². The van der Waals surface area contributed by atoms with Gasteiger partial charge in [-0.3, -0.25) is 9.59 Å². The maximum atomic E-state index is 12.2. The fraction of sp³-hybridized carbons (Fsp3) is 0.333. The lowest BCUT2D eigenvalue weighted by Crippen LogP contribution is -2.35. The topological polar surface area (TPSA) is 58.6 Å². The minimum Gasteiger partial charge on any atom is -0.483 e. The first kappa shape index (κ1) is 16.5. The van der Waals surface area contributed by atoms with Crippen LogP contribution in [-0.4, -0.2) is 29.9 Å². The van der Waals surface area contributed by atoms with Gasteiger partial charge in [0.25, 0.3) is 11.8 Å². The maximum absolute atomic E-state index is 12.2. The summed E-state index contributed by atoms with van der Waals surface area (Å²) in [5, 5.41) is 4.76. The van der Waals surface area contributed by atoms with Crippen LogP contribution in [0.3, 0.4) is 0 Å². The molecule has 2 heterocycles. The van der Waals surface area contributed by atoms with Crippen molar-refractivity contribution < 1.29 is 14.3 Å². The molecule has 0 unspecified atom stereocenters. The van der Waals surface area contributed by atoms with E-state index in [1.54, 1.807) is 17.0 Å². The molecule has 126 valence electrons. The van der Waals surface area contributed by atoms with Crippen molar-refractivity contribution in [1.29, 1.82) is 0 Å². The first-order valence-electron chi connectivity index (χ1n) is 7.91. The summed E-state index contributed by atoms with van der Waals surface area (Å²) in [5.41, 5.74) is 1.61. The molecule has 0 bridgehead atoms. The average molecular weight is 344 g/mol. The molecule has 24 heavy (non-hydrogen) atoms. The minimum absolute atomic E-state index is 0.0101. The molecule has 6 heteroatoms. The summed E-state index contributed by atoms with van der Waals surface area (Å²) in [5.74, 6) is 0.944. The van der Waals surface area contributed by atoms with E-state index < -0.39 is 0 Å². The van der Waals surface area contributed by atoms with Gasteiger partial charge in [-0.1, -0.05) is 19.9 Å². The van der Waals surface area contributed by atoms with Gasteiger partial charge in [0.2, 0.25) is 0 Å². The van der Waals surface area contributed by atoms with Gasteiger partial charge in [-0.15, -0.1) is 11.3 Å². The van der Waals surface area contributed by atoms with Crippen LogP contribution in [-0.2, 0) is 11.3 Å². The minimum atomic E-state index is -0.130. The lowest BCUT2D eigenvalue weighted by molar-refractivity contribution is -0.133. The van der Waals surface area contributed by atoms with E-state index >= 15 is 0 Å². The second-order valence-corrected chi connectivity index (χ2v) is 7.16. The van der Waals surface area contributed by atoms with Crippen LogP contribution in [0.15, 0.2) is 35.7 Å². The largest absolute Gasteiger partial charge is 0.483 e. The number of hydrogen-bond donors (Lipinski definition) is 1.